The van der Waals surface area contributed by atoms with E-state index in [9.17, 15) is 4.79 Å². The van der Waals surface area contributed by atoms with Crippen molar-refractivity contribution in [2.75, 3.05) is 37.7 Å². The van der Waals surface area contributed by atoms with Crippen LogP contribution in [0.15, 0.2) is 40.1 Å². The van der Waals surface area contributed by atoms with Gasteiger partial charge < -0.3 is 14.4 Å². The predicted octanol–water partition coefficient (Wildman–Crippen LogP) is 1.01. The summed E-state index contributed by atoms with van der Waals surface area (Å²) < 4.78 is 6.71. The maximum Gasteiger partial charge on any atom is 0.261 e. The van der Waals surface area contributed by atoms with Gasteiger partial charge in [-0.1, -0.05) is 0 Å². The molecule has 1 N–H and O–H groups in total. The Morgan fingerprint density at radius 1 is 1.19 bits per heavy atom. The summed E-state index contributed by atoms with van der Waals surface area (Å²) in [5.41, 5.74) is 2.64. The normalized spacial score (nSPS) is 15.6. The quantitative estimate of drug-likeness (QED) is 0.718. The van der Waals surface area contributed by atoms with Gasteiger partial charge in [0.25, 0.3) is 5.56 Å². The molecule has 3 aromatic rings. The van der Waals surface area contributed by atoms with Crippen LogP contribution in [0.1, 0.15) is 11.5 Å². The highest BCUT2D eigenvalue weighted by atomic mass is 16.3. The Labute approximate surface area is 156 Å². The van der Waals surface area contributed by atoms with Crippen LogP contribution in [0.4, 0.5) is 5.69 Å². The number of aryl methyl sites for hydroxylation is 1. The first-order chi connectivity index (χ1) is 13.2. The lowest BCUT2D eigenvalue weighted by Gasteiger charge is -2.35. The van der Waals surface area contributed by atoms with Gasteiger partial charge in [-0.3, -0.25) is 14.3 Å². The maximum atomic E-state index is 12.4. The molecular weight excluding hydrogens is 346 g/mol. The smallest absolute Gasteiger partial charge is 0.261 e. The summed E-state index contributed by atoms with van der Waals surface area (Å²) in [5, 5.41) is 9.62. The van der Waals surface area contributed by atoms with E-state index in [-0.39, 0.29) is 18.7 Å². The first-order valence-corrected chi connectivity index (χ1v) is 9.12. The van der Waals surface area contributed by atoms with E-state index in [0.29, 0.717) is 10.9 Å². The third-order valence-corrected chi connectivity index (χ3v) is 5.10. The average molecular weight is 369 g/mol. The molecule has 0 amide bonds. The van der Waals surface area contributed by atoms with E-state index >= 15 is 0 Å². The highest BCUT2D eigenvalue weighted by Crippen LogP contribution is 2.21. The van der Waals surface area contributed by atoms with Crippen LogP contribution in [-0.2, 0) is 13.1 Å². The van der Waals surface area contributed by atoms with E-state index in [1.165, 1.54) is 17.3 Å². The zero-order chi connectivity index (χ0) is 18.8. The first-order valence-electron chi connectivity index (χ1n) is 9.12. The number of fused-ring (bicyclic) bond motifs is 1. The molecule has 3 heterocycles. The van der Waals surface area contributed by atoms with Gasteiger partial charge in [0.15, 0.2) is 6.39 Å². The summed E-state index contributed by atoms with van der Waals surface area (Å²) in [5.74, 6) is 0.880. The SMILES string of the molecule is Cc1ocnc1CN1CCN(c2ccc3c(=O)n(CCO)cnc3c2)CC1. The minimum Gasteiger partial charge on any atom is -0.448 e. The number of anilines is 1. The Morgan fingerprint density at radius 3 is 2.70 bits per heavy atom. The second-order valence-corrected chi connectivity index (χ2v) is 6.79. The molecule has 0 unspecified atom stereocenters. The Balaban J connectivity index is 1.46. The number of nitrogens with zero attached hydrogens (tertiary/aromatic N) is 5. The van der Waals surface area contributed by atoms with Crippen molar-refractivity contribution < 1.29 is 9.52 Å². The third-order valence-electron chi connectivity index (χ3n) is 5.10. The van der Waals surface area contributed by atoms with E-state index < -0.39 is 0 Å². The van der Waals surface area contributed by atoms with Crippen molar-refractivity contribution in [3.05, 3.63) is 52.7 Å². The number of aliphatic hydroxyl groups is 1. The van der Waals surface area contributed by atoms with Crippen LogP contribution < -0.4 is 10.5 Å². The number of aliphatic hydroxyl groups excluding tert-OH is 1. The van der Waals surface area contributed by atoms with Crippen molar-refractivity contribution in [1.82, 2.24) is 19.4 Å². The van der Waals surface area contributed by atoms with Gasteiger partial charge in [0, 0.05) is 38.4 Å². The summed E-state index contributed by atoms with van der Waals surface area (Å²) in [6.07, 6.45) is 3.00. The van der Waals surface area contributed by atoms with E-state index in [4.69, 9.17) is 9.52 Å². The number of rotatable bonds is 5. The van der Waals surface area contributed by atoms with Crippen molar-refractivity contribution in [1.29, 1.82) is 0 Å². The first kappa shape index (κ1) is 17.7. The van der Waals surface area contributed by atoms with E-state index in [1.54, 1.807) is 0 Å². The fourth-order valence-electron chi connectivity index (χ4n) is 3.47. The number of oxazole rings is 1. The number of hydrogen-bond acceptors (Lipinski definition) is 7. The largest absolute Gasteiger partial charge is 0.448 e. The lowest BCUT2D eigenvalue weighted by Crippen LogP contribution is -2.46. The van der Waals surface area contributed by atoms with E-state index in [0.717, 1.165) is 49.9 Å². The Hall–Kier alpha value is -2.71. The average Bonchev–Trinajstić information content (AvgIpc) is 3.09. The van der Waals surface area contributed by atoms with Gasteiger partial charge in [-0.15, -0.1) is 0 Å². The van der Waals surface area contributed by atoms with Crippen molar-refractivity contribution >= 4 is 16.6 Å². The summed E-state index contributed by atoms with van der Waals surface area (Å²) >= 11 is 0. The number of hydrogen-bond donors (Lipinski definition) is 1. The summed E-state index contributed by atoms with van der Waals surface area (Å²) in [6, 6.07) is 5.78. The van der Waals surface area contributed by atoms with Crippen LogP contribution >= 0.6 is 0 Å². The second-order valence-electron chi connectivity index (χ2n) is 6.79. The van der Waals surface area contributed by atoms with Gasteiger partial charge in [-0.2, -0.15) is 0 Å². The van der Waals surface area contributed by atoms with Crippen molar-refractivity contribution in [3.8, 4) is 0 Å². The minimum absolute atomic E-state index is 0.0800. The molecule has 4 rings (SSSR count). The van der Waals surface area contributed by atoms with Crippen LogP contribution in [-0.4, -0.2) is 57.3 Å². The monoisotopic (exact) mass is 369 g/mol. The van der Waals surface area contributed by atoms with Gasteiger partial charge in [0.1, 0.15) is 5.76 Å². The van der Waals surface area contributed by atoms with Gasteiger partial charge in [0.05, 0.1) is 36.1 Å². The lowest BCUT2D eigenvalue weighted by molar-refractivity contribution is 0.246. The molecule has 8 nitrogen and oxygen atoms in total. The molecule has 1 saturated heterocycles. The maximum absolute atomic E-state index is 12.4. The summed E-state index contributed by atoms with van der Waals surface area (Å²) in [7, 11) is 0. The molecule has 8 heteroatoms. The summed E-state index contributed by atoms with van der Waals surface area (Å²) in [6.45, 7) is 6.62. The Bertz CT molecular complexity index is 988. The Kier molecular flexibility index (Phi) is 4.91. The van der Waals surface area contributed by atoms with Gasteiger partial charge in [0.2, 0.25) is 0 Å². The second kappa shape index (κ2) is 7.50. The van der Waals surface area contributed by atoms with Gasteiger partial charge >= 0.3 is 0 Å². The van der Waals surface area contributed by atoms with Gasteiger partial charge in [-0.25, -0.2) is 9.97 Å². The molecule has 27 heavy (non-hydrogen) atoms. The van der Waals surface area contributed by atoms with Crippen LogP contribution in [0.25, 0.3) is 10.9 Å². The molecule has 0 bridgehead atoms. The standard InChI is InChI=1S/C19H23N5O3/c1-14-18(21-13-27-14)11-22-4-6-23(7-5-22)15-2-3-16-17(10-15)20-12-24(8-9-25)19(16)26/h2-3,10,12-13,25H,4-9,11H2,1H3. The fraction of sp³-hybridized carbons (Fsp3) is 0.421. The topological polar surface area (TPSA) is 87.6 Å². The molecular formula is C19H23N5O3. The van der Waals surface area contributed by atoms with Gasteiger partial charge in [-0.05, 0) is 25.1 Å². The van der Waals surface area contributed by atoms with Crippen molar-refractivity contribution in [2.45, 2.75) is 20.0 Å². The number of benzene rings is 1. The molecule has 142 valence electrons. The van der Waals surface area contributed by atoms with Crippen LogP contribution in [0.2, 0.25) is 0 Å². The fourth-order valence-corrected chi connectivity index (χ4v) is 3.47. The zero-order valence-electron chi connectivity index (χ0n) is 15.3. The van der Waals surface area contributed by atoms with Crippen LogP contribution in [0.5, 0.6) is 0 Å². The molecule has 0 atom stereocenters. The molecule has 1 aliphatic rings. The molecule has 2 aromatic heterocycles. The number of aromatic nitrogens is 3. The molecule has 0 aliphatic carbocycles. The summed E-state index contributed by atoms with van der Waals surface area (Å²) in [4.78, 5) is 25.7. The minimum atomic E-state index is -0.117. The van der Waals surface area contributed by atoms with E-state index in [1.807, 2.05) is 25.1 Å². The highest BCUT2D eigenvalue weighted by Gasteiger charge is 2.19. The van der Waals surface area contributed by atoms with Crippen LogP contribution in [0.3, 0.4) is 0 Å². The molecule has 0 saturated carbocycles. The molecule has 0 radical (unpaired) electrons. The van der Waals surface area contributed by atoms with Crippen molar-refractivity contribution in [3.63, 3.8) is 0 Å². The molecule has 0 spiro atoms. The third kappa shape index (κ3) is 3.58. The zero-order valence-corrected chi connectivity index (χ0v) is 15.3. The number of piperazine rings is 1. The predicted molar refractivity (Wildman–Crippen MR) is 102 cm³/mol. The highest BCUT2D eigenvalue weighted by molar-refractivity contribution is 5.81. The molecule has 1 aromatic carbocycles. The molecule has 1 fully saturated rings. The van der Waals surface area contributed by atoms with Crippen LogP contribution in [0, 0.1) is 6.92 Å². The Morgan fingerprint density at radius 2 is 2.00 bits per heavy atom. The lowest BCUT2D eigenvalue weighted by atomic mass is 10.2. The van der Waals surface area contributed by atoms with Crippen molar-refractivity contribution in [2.24, 2.45) is 0 Å². The van der Waals surface area contributed by atoms with E-state index in [2.05, 4.69) is 19.8 Å². The molecule has 1 aliphatic heterocycles.